The molecule has 0 bridgehead atoms. The minimum absolute atomic E-state index is 0.263. The van der Waals surface area contributed by atoms with E-state index in [0.29, 0.717) is 53.7 Å². The highest BCUT2D eigenvalue weighted by atomic mass is 32.1. The number of hydrogen-bond acceptors (Lipinski definition) is 8. The first-order valence-corrected chi connectivity index (χ1v) is 9.78. The molecule has 3 N–H and O–H groups in total. The molecule has 9 heteroatoms. The monoisotopic (exact) mass is 408 g/mol. The summed E-state index contributed by atoms with van der Waals surface area (Å²) in [6, 6.07) is 8.88. The Morgan fingerprint density at radius 1 is 1.34 bits per heavy atom. The molecule has 29 heavy (non-hydrogen) atoms. The van der Waals surface area contributed by atoms with Crippen LogP contribution in [0.15, 0.2) is 36.7 Å². The summed E-state index contributed by atoms with van der Waals surface area (Å²) in [5, 5.41) is 11.9. The van der Waals surface area contributed by atoms with Crippen LogP contribution in [0.1, 0.15) is 38.6 Å². The van der Waals surface area contributed by atoms with E-state index in [1.54, 1.807) is 43.6 Å². The Balaban J connectivity index is 1.71. The van der Waals surface area contributed by atoms with Crippen LogP contribution in [0.25, 0.3) is 0 Å². The van der Waals surface area contributed by atoms with E-state index in [1.807, 2.05) is 0 Å². The number of carbonyl (C=O) groups excluding carboxylic acids is 1. The van der Waals surface area contributed by atoms with Crippen LogP contribution in [0, 0.1) is 18.3 Å². The van der Waals surface area contributed by atoms with Crippen LogP contribution in [-0.2, 0) is 6.42 Å². The number of anilines is 1. The van der Waals surface area contributed by atoms with Crippen molar-refractivity contribution in [2.45, 2.75) is 19.8 Å². The van der Waals surface area contributed by atoms with Crippen LogP contribution in [0.4, 0.5) is 5.69 Å². The highest BCUT2D eigenvalue weighted by Gasteiger charge is 2.19. The minimum atomic E-state index is -0.263. The topological polar surface area (TPSA) is 127 Å². The average molecular weight is 408 g/mol. The van der Waals surface area contributed by atoms with Crippen LogP contribution in [0.3, 0.4) is 0 Å². The minimum Gasteiger partial charge on any atom is -0.478 e. The van der Waals surface area contributed by atoms with Crippen molar-refractivity contribution in [3.05, 3.63) is 64.1 Å². The number of aryl methyl sites for hydroxylation is 1. The molecule has 0 spiro atoms. The summed E-state index contributed by atoms with van der Waals surface area (Å²) in [4.78, 5) is 22.1. The SMILES string of the molecule is Cc1nsc(Cc2cc(C#N)ccn2)c1C(=O)Nc1ccc(OCCCN)nc1. The van der Waals surface area contributed by atoms with Crippen molar-refractivity contribution in [2.24, 2.45) is 5.73 Å². The van der Waals surface area contributed by atoms with E-state index >= 15 is 0 Å². The fourth-order valence-electron chi connectivity index (χ4n) is 2.63. The third-order valence-corrected chi connectivity index (χ3v) is 4.97. The molecule has 3 heterocycles. The normalized spacial score (nSPS) is 10.4. The second kappa shape index (κ2) is 9.73. The standard InChI is InChI=1S/C20H20N6O2S/c1-13-19(17(29-26-13)10-16-9-14(11-22)5-7-23-16)20(27)25-15-3-4-18(24-12-15)28-8-2-6-21/h3-5,7,9,12H,2,6,8,10,21H2,1H3,(H,25,27). The van der Waals surface area contributed by atoms with Gasteiger partial charge in [0, 0.05) is 29.3 Å². The maximum atomic E-state index is 12.8. The molecule has 148 valence electrons. The van der Waals surface area contributed by atoms with Gasteiger partial charge in [0.05, 0.1) is 41.4 Å². The maximum Gasteiger partial charge on any atom is 0.258 e. The average Bonchev–Trinajstić information content (AvgIpc) is 3.09. The van der Waals surface area contributed by atoms with Gasteiger partial charge >= 0.3 is 0 Å². The van der Waals surface area contributed by atoms with Crippen molar-refractivity contribution >= 4 is 23.1 Å². The Kier molecular flexibility index (Phi) is 6.84. The van der Waals surface area contributed by atoms with Gasteiger partial charge in [0.15, 0.2) is 0 Å². The first-order valence-electron chi connectivity index (χ1n) is 9.01. The number of nitrogens with zero attached hydrogens (tertiary/aromatic N) is 4. The summed E-state index contributed by atoms with van der Waals surface area (Å²) in [7, 11) is 0. The van der Waals surface area contributed by atoms with Gasteiger partial charge in [-0.2, -0.15) is 9.64 Å². The summed E-state index contributed by atoms with van der Waals surface area (Å²) in [5.41, 5.74) is 8.40. The largest absolute Gasteiger partial charge is 0.478 e. The molecule has 0 atom stereocenters. The zero-order valence-electron chi connectivity index (χ0n) is 15.9. The first-order chi connectivity index (χ1) is 14.1. The Labute approximate surface area is 172 Å². The molecule has 0 aliphatic rings. The molecule has 0 radical (unpaired) electrons. The Morgan fingerprint density at radius 2 is 2.21 bits per heavy atom. The van der Waals surface area contributed by atoms with Gasteiger partial charge in [-0.15, -0.1) is 0 Å². The lowest BCUT2D eigenvalue weighted by molar-refractivity contribution is 0.102. The van der Waals surface area contributed by atoms with Crippen LogP contribution >= 0.6 is 11.5 Å². The Bertz CT molecular complexity index is 1030. The van der Waals surface area contributed by atoms with E-state index in [2.05, 4.69) is 25.7 Å². The number of pyridine rings is 2. The number of aromatic nitrogens is 3. The molecule has 1 amide bonds. The molecule has 0 aliphatic heterocycles. The Hall–Kier alpha value is -3.35. The molecule has 0 saturated heterocycles. The number of nitrogens with one attached hydrogen (secondary N) is 1. The van der Waals surface area contributed by atoms with E-state index in [0.717, 1.165) is 11.3 Å². The molecule has 0 aliphatic carbocycles. The second-order valence-corrected chi connectivity index (χ2v) is 7.08. The molecule has 8 nitrogen and oxygen atoms in total. The molecule has 3 aromatic heterocycles. The van der Waals surface area contributed by atoms with E-state index in [1.165, 1.54) is 11.5 Å². The van der Waals surface area contributed by atoms with E-state index in [-0.39, 0.29) is 5.91 Å². The number of ether oxygens (including phenoxy) is 1. The molecule has 0 aromatic carbocycles. The van der Waals surface area contributed by atoms with Gasteiger partial charge in [0.25, 0.3) is 5.91 Å². The van der Waals surface area contributed by atoms with E-state index in [4.69, 9.17) is 15.7 Å². The lowest BCUT2D eigenvalue weighted by Gasteiger charge is -2.08. The van der Waals surface area contributed by atoms with Crippen molar-refractivity contribution in [1.82, 2.24) is 14.3 Å². The zero-order valence-corrected chi connectivity index (χ0v) is 16.7. The first kappa shape index (κ1) is 20.4. The van der Waals surface area contributed by atoms with Gasteiger partial charge < -0.3 is 15.8 Å². The van der Waals surface area contributed by atoms with Crippen molar-refractivity contribution in [2.75, 3.05) is 18.5 Å². The van der Waals surface area contributed by atoms with Gasteiger partial charge in [-0.05, 0) is 49.6 Å². The quantitative estimate of drug-likeness (QED) is 0.549. The molecule has 0 fully saturated rings. The molecule has 3 aromatic rings. The summed E-state index contributed by atoms with van der Waals surface area (Å²) in [5.74, 6) is 0.218. The van der Waals surface area contributed by atoms with Gasteiger partial charge in [0.2, 0.25) is 5.88 Å². The van der Waals surface area contributed by atoms with Gasteiger partial charge in [0.1, 0.15) is 0 Å². The van der Waals surface area contributed by atoms with Crippen LogP contribution in [-0.4, -0.2) is 33.4 Å². The van der Waals surface area contributed by atoms with Gasteiger partial charge in [-0.3, -0.25) is 9.78 Å². The van der Waals surface area contributed by atoms with Gasteiger partial charge in [-0.1, -0.05) is 0 Å². The Morgan fingerprint density at radius 3 is 2.93 bits per heavy atom. The lowest BCUT2D eigenvalue weighted by atomic mass is 10.1. The summed E-state index contributed by atoms with van der Waals surface area (Å²) >= 11 is 1.26. The molecular weight excluding hydrogens is 388 g/mol. The van der Waals surface area contributed by atoms with Crippen LogP contribution in [0.2, 0.25) is 0 Å². The molecule has 0 unspecified atom stereocenters. The highest BCUT2D eigenvalue weighted by molar-refractivity contribution is 7.06. The van der Waals surface area contributed by atoms with Gasteiger partial charge in [-0.25, -0.2) is 4.98 Å². The highest BCUT2D eigenvalue weighted by Crippen LogP contribution is 2.23. The third kappa shape index (κ3) is 5.34. The van der Waals surface area contributed by atoms with Crippen LogP contribution < -0.4 is 15.8 Å². The molecular formula is C20H20N6O2S. The predicted octanol–water partition coefficient (Wildman–Crippen LogP) is 2.68. The summed E-state index contributed by atoms with van der Waals surface area (Å²) in [6.45, 7) is 2.85. The summed E-state index contributed by atoms with van der Waals surface area (Å²) in [6.07, 6.45) is 4.31. The lowest BCUT2D eigenvalue weighted by Crippen LogP contribution is -2.15. The van der Waals surface area contributed by atoms with E-state index in [9.17, 15) is 4.79 Å². The fraction of sp³-hybridized carbons (Fsp3) is 0.250. The number of nitrogens with two attached hydrogens (primary N) is 1. The zero-order chi connectivity index (χ0) is 20.6. The number of hydrogen-bond donors (Lipinski definition) is 2. The number of nitriles is 1. The fourth-order valence-corrected chi connectivity index (χ4v) is 3.51. The van der Waals surface area contributed by atoms with Crippen molar-refractivity contribution in [3.8, 4) is 11.9 Å². The third-order valence-electron chi connectivity index (χ3n) is 4.04. The van der Waals surface area contributed by atoms with Crippen LogP contribution in [0.5, 0.6) is 5.88 Å². The molecule has 0 saturated carbocycles. The van der Waals surface area contributed by atoms with Crippen molar-refractivity contribution < 1.29 is 9.53 Å². The number of carbonyl (C=O) groups is 1. The number of rotatable bonds is 8. The maximum absolute atomic E-state index is 12.8. The number of amides is 1. The molecule has 3 rings (SSSR count). The van der Waals surface area contributed by atoms with Crippen molar-refractivity contribution in [1.29, 1.82) is 5.26 Å². The predicted molar refractivity (Wildman–Crippen MR) is 110 cm³/mol. The van der Waals surface area contributed by atoms with Crippen molar-refractivity contribution in [3.63, 3.8) is 0 Å². The van der Waals surface area contributed by atoms with E-state index < -0.39 is 0 Å². The smallest absolute Gasteiger partial charge is 0.258 e. The summed E-state index contributed by atoms with van der Waals surface area (Å²) < 4.78 is 9.78. The second-order valence-electron chi connectivity index (χ2n) is 6.22.